The number of benzene rings is 2. The number of carbonyl (C=O) groups is 3. The molecule has 2 aromatic carbocycles. The van der Waals surface area contributed by atoms with Gasteiger partial charge in [0.25, 0.3) is 0 Å². The van der Waals surface area contributed by atoms with E-state index in [0.717, 1.165) is 22.3 Å². The number of fused-ring (bicyclic) bond motifs is 3. The SMILES string of the molecule is O=C(O)CN1CCN(C(=O)CNC(=O)OCC2c3ccccc3-c3ccccc32)CC1. The minimum absolute atomic E-state index is 0.0277. The molecule has 4 rings (SSSR count). The Morgan fingerprint density at radius 2 is 1.52 bits per heavy atom. The zero-order valence-corrected chi connectivity index (χ0v) is 17.1. The van der Waals surface area contributed by atoms with Gasteiger partial charge >= 0.3 is 12.1 Å². The average Bonchev–Trinajstić information content (AvgIpc) is 3.10. The fourth-order valence-electron chi connectivity index (χ4n) is 4.26. The molecule has 8 heteroatoms. The van der Waals surface area contributed by atoms with Crippen molar-refractivity contribution in [1.29, 1.82) is 0 Å². The predicted molar refractivity (Wildman–Crippen MR) is 114 cm³/mol. The minimum Gasteiger partial charge on any atom is -0.480 e. The Bertz CT molecular complexity index is 939. The average molecular weight is 423 g/mol. The van der Waals surface area contributed by atoms with Crippen molar-refractivity contribution in [3.05, 3.63) is 59.7 Å². The van der Waals surface area contributed by atoms with E-state index in [2.05, 4.69) is 29.6 Å². The molecule has 0 unspecified atom stereocenters. The van der Waals surface area contributed by atoms with E-state index in [1.807, 2.05) is 24.3 Å². The van der Waals surface area contributed by atoms with Gasteiger partial charge in [-0.2, -0.15) is 0 Å². The lowest BCUT2D eigenvalue weighted by Gasteiger charge is -2.33. The highest BCUT2D eigenvalue weighted by Crippen LogP contribution is 2.44. The number of carbonyl (C=O) groups excluding carboxylic acids is 2. The molecule has 2 aromatic rings. The number of carboxylic acids is 1. The van der Waals surface area contributed by atoms with Gasteiger partial charge in [-0.1, -0.05) is 48.5 Å². The molecular formula is C23H25N3O5. The zero-order valence-electron chi connectivity index (χ0n) is 17.1. The number of aliphatic carboxylic acids is 1. The maximum atomic E-state index is 12.3. The summed E-state index contributed by atoms with van der Waals surface area (Å²) >= 11 is 0. The first-order valence-electron chi connectivity index (χ1n) is 10.3. The number of ether oxygens (including phenoxy) is 1. The molecule has 2 N–H and O–H groups in total. The summed E-state index contributed by atoms with van der Waals surface area (Å²) in [5.41, 5.74) is 4.58. The maximum absolute atomic E-state index is 12.3. The van der Waals surface area contributed by atoms with Crippen molar-refractivity contribution in [3.63, 3.8) is 0 Å². The summed E-state index contributed by atoms with van der Waals surface area (Å²) in [6, 6.07) is 16.2. The second kappa shape index (κ2) is 9.18. The molecule has 2 amide bonds. The van der Waals surface area contributed by atoms with Crippen LogP contribution < -0.4 is 5.32 Å². The number of amides is 2. The molecule has 0 spiro atoms. The van der Waals surface area contributed by atoms with Crippen LogP contribution in [0.3, 0.4) is 0 Å². The lowest BCUT2D eigenvalue weighted by atomic mass is 9.98. The van der Waals surface area contributed by atoms with E-state index in [9.17, 15) is 14.4 Å². The van der Waals surface area contributed by atoms with E-state index in [4.69, 9.17) is 9.84 Å². The van der Waals surface area contributed by atoms with Gasteiger partial charge in [-0.15, -0.1) is 0 Å². The van der Waals surface area contributed by atoms with E-state index in [1.54, 1.807) is 9.80 Å². The number of hydrogen-bond acceptors (Lipinski definition) is 5. The van der Waals surface area contributed by atoms with Crippen LogP contribution in [0.5, 0.6) is 0 Å². The van der Waals surface area contributed by atoms with Gasteiger partial charge in [0.15, 0.2) is 0 Å². The summed E-state index contributed by atoms with van der Waals surface area (Å²) in [4.78, 5) is 38.7. The molecule has 1 heterocycles. The van der Waals surface area contributed by atoms with Crippen LogP contribution in [0.25, 0.3) is 11.1 Å². The van der Waals surface area contributed by atoms with Crippen molar-refractivity contribution in [2.75, 3.05) is 45.9 Å². The number of rotatable bonds is 6. The standard InChI is InChI=1S/C23H25N3O5/c27-21(26-11-9-25(10-12-26)14-22(28)29)13-24-23(30)31-15-20-18-7-3-1-5-16(18)17-6-2-4-8-19(17)20/h1-8,20H,9-15H2,(H,24,30)(H,28,29). The van der Waals surface area contributed by atoms with Gasteiger partial charge < -0.3 is 20.1 Å². The van der Waals surface area contributed by atoms with Crippen LogP contribution in [0.15, 0.2) is 48.5 Å². The molecule has 2 aliphatic rings. The van der Waals surface area contributed by atoms with E-state index >= 15 is 0 Å². The molecule has 0 bridgehead atoms. The van der Waals surface area contributed by atoms with Crippen molar-refractivity contribution in [2.45, 2.75) is 5.92 Å². The summed E-state index contributed by atoms with van der Waals surface area (Å²) in [5, 5.41) is 11.4. The second-order valence-corrected chi connectivity index (χ2v) is 7.73. The Morgan fingerprint density at radius 3 is 2.10 bits per heavy atom. The molecule has 0 saturated carbocycles. The lowest BCUT2D eigenvalue weighted by Crippen LogP contribution is -2.52. The quantitative estimate of drug-likeness (QED) is 0.735. The predicted octanol–water partition coefficient (Wildman–Crippen LogP) is 1.75. The van der Waals surface area contributed by atoms with Gasteiger partial charge in [0.05, 0.1) is 6.54 Å². The number of nitrogens with zero attached hydrogens (tertiary/aromatic N) is 2. The van der Waals surface area contributed by atoms with Crippen LogP contribution in [0.1, 0.15) is 17.0 Å². The van der Waals surface area contributed by atoms with Gasteiger partial charge in [-0.25, -0.2) is 4.79 Å². The largest absolute Gasteiger partial charge is 0.480 e. The van der Waals surface area contributed by atoms with Gasteiger partial charge in [-0.3, -0.25) is 14.5 Å². The smallest absolute Gasteiger partial charge is 0.407 e. The number of nitrogens with one attached hydrogen (secondary N) is 1. The van der Waals surface area contributed by atoms with E-state index < -0.39 is 12.1 Å². The maximum Gasteiger partial charge on any atom is 0.407 e. The van der Waals surface area contributed by atoms with Gasteiger partial charge in [0.2, 0.25) is 5.91 Å². The molecule has 31 heavy (non-hydrogen) atoms. The van der Waals surface area contributed by atoms with Gasteiger partial charge in [0.1, 0.15) is 13.2 Å². The van der Waals surface area contributed by atoms with Crippen LogP contribution in [0.4, 0.5) is 4.79 Å². The van der Waals surface area contributed by atoms with Crippen molar-refractivity contribution in [3.8, 4) is 11.1 Å². The molecule has 1 aliphatic carbocycles. The highest BCUT2D eigenvalue weighted by Gasteiger charge is 2.29. The third kappa shape index (κ3) is 4.69. The van der Waals surface area contributed by atoms with Crippen molar-refractivity contribution in [2.24, 2.45) is 0 Å². The Labute approximate surface area is 180 Å². The van der Waals surface area contributed by atoms with Gasteiger partial charge in [-0.05, 0) is 22.3 Å². The van der Waals surface area contributed by atoms with Crippen molar-refractivity contribution >= 4 is 18.0 Å². The van der Waals surface area contributed by atoms with E-state index in [-0.39, 0.29) is 31.5 Å². The summed E-state index contributed by atoms with van der Waals surface area (Å²) in [5.74, 6) is -1.11. The molecule has 0 aromatic heterocycles. The normalized spacial score (nSPS) is 15.8. The highest BCUT2D eigenvalue weighted by atomic mass is 16.5. The van der Waals surface area contributed by atoms with Crippen molar-refractivity contribution < 1.29 is 24.2 Å². The van der Waals surface area contributed by atoms with Crippen LogP contribution in [-0.4, -0.2) is 78.8 Å². The third-order valence-corrected chi connectivity index (χ3v) is 5.81. The monoisotopic (exact) mass is 423 g/mol. The van der Waals surface area contributed by atoms with Crippen molar-refractivity contribution in [1.82, 2.24) is 15.1 Å². The molecule has 1 fully saturated rings. The molecule has 0 radical (unpaired) electrons. The Kier molecular flexibility index (Phi) is 6.18. The molecular weight excluding hydrogens is 398 g/mol. The zero-order chi connectivity index (χ0) is 21.8. The number of hydrogen-bond donors (Lipinski definition) is 2. The number of alkyl carbamates (subject to hydrolysis) is 1. The summed E-state index contributed by atoms with van der Waals surface area (Å²) < 4.78 is 5.44. The fraction of sp³-hybridized carbons (Fsp3) is 0.348. The van der Waals surface area contributed by atoms with Crippen LogP contribution in [0, 0.1) is 0 Å². The lowest BCUT2D eigenvalue weighted by molar-refractivity contribution is -0.139. The molecule has 8 nitrogen and oxygen atoms in total. The van der Waals surface area contributed by atoms with E-state index in [1.165, 1.54) is 0 Å². The van der Waals surface area contributed by atoms with Crippen LogP contribution >= 0.6 is 0 Å². The third-order valence-electron chi connectivity index (χ3n) is 5.81. The summed E-state index contributed by atoms with van der Waals surface area (Å²) in [6.45, 7) is 1.92. The van der Waals surface area contributed by atoms with E-state index in [0.29, 0.717) is 26.2 Å². The highest BCUT2D eigenvalue weighted by molar-refractivity contribution is 5.82. The van der Waals surface area contributed by atoms with Gasteiger partial charge in [0, 0.05) is 32.1 Å². The topological polar surface area (TPSA) is 99.2 Å². The first-order chi connectivity index (χ1) is 15.0. The molecule has 1 aliphatic heterocycles. The Morgan fingerprint density at radius 1 is 0.935 bits per heavy atom. The summed E-state index contributed by atoms with van der Waals surface area (Å²) in [7, 11) is 0. The minimum atomic E-state index is -0.878. The summed E-state index contributed by atoms with van der Waals surface area (Å²) in [6.07, 6.45) is -0.625. The fourth-order valence-corrected chi connectivity index (χ4v) is 4.26. The molecule has 1 saturated heterocycles. The van der Waals surface area contributed by atoms with Crippen LogP contribution in [0.2, 0.25) is 0 Å². The molecule has 0 atom stereocenters. The second-order valence-electron chi connectivity index (χ2n) is 7.73. The Hall–Kier alpha value is -3.39. The first-order valence-corrected chi connectivity index (χ1v) is 10.3. The number of carboxylic acid groups (broad SMARTS) is 1. The Balaban J connectivity index is 1.26. The van der Waals surface area contributed by atoms with Crippen LogP contribution in [-0.2, 0) is 14.3 Å². The molecule has 162 valence electrons. The number of piperazine rings is 1. The first kappa shape index (κ1) is 20.9.